The Bertz CT molecular complexity index is 1050. The number of rotatable bonds is 4. The largest absolute Gasteiger partial charge is 0.494 e. The van der Waals surface area contributed by atoms with E-state index in [9.17, 15) is 0 Å². The molecule has 0 amide bonds. The van der Waals surface area contributed by atoms with E-state index in [0.29, 0.717) is 6.61 Å². The van der Waals surface area contributed by atoms with Gasteiger partial charge >= 0.3 is 0 Å². The minimum absolute atomic E-state index is 0.664. The van der Waals surface area contributed by atoms with Gasteiger partial charge in [-0.3, -0.25) is 0 Å². The maximum atomic E-state index is 6.80. The average molecular weight is 359 g/mol. The maximum Gasteiger partial charge on any atom is 0.119 e. The van der Waals surface area contributed by atoms with E-state index in [2.05, 4.69) is 72.8 Å². The summed E-state index contributed by atoms with van der Waals surface area (Å²) < 4.78 is 5.53. The lowest BCUT2D eigenvalue weighted by Gasteiger charge is -2.12. The molecule has 0 aliphatic rings. The van der Waals surface area contributed by atoms with Crippen LogP contribution in [0.2, 0.25) is 5.02 Å². The lowest BCUT2D eigenvalue weighted by molar-refractivity contribution is 0.340. The molecule has 0 radical (unpaired) electrons. The van der Waals surface area contributed by atoms with Gasteiger partial charge in [-0.05, 0) is 47.0 Å². The number of fused-ring (bicyclic) bond motifs is 1. The van der Waals surface area contributed by atoms with Crippen LogP contribution < -0.4 is 4.74 Å². The number of benzene rings is 4. The minimum Gasteiger partial charge on any atom is -0.494 e. The number of hydrogen-bond donors (Lipinski definition) is 0. The lowest BCUT2D eigenvalue weighted by atomic mass is 9.97. The van der Waals surface area contributed by atoms with E-state index in [0.717, 1.165) is 33.0 Å². The predicted molar refractivity (Wildman–Crippen MR) is 111 cm³/mol. The summed E-state index contributed by atoms with van der Waals surface area (Å²) >= 11 is 6.80. The Morgan fingerprint density at radius 3 is 2.08 bits per heavy atom. The molecule has 0 aliphatic carbocycles. The molecule has 0 aliphatic heterocycles. The molecule has 0 bridgehead atoms. The Morgan fingerprint density at radius 2 is 1.35 bits per heavy atom. The summed E-state index contributed by atoms with van der Waals surface area (Å²) in [6.45, 7) is 2.65. The molecule has 128 valence electrons. The third-order valence-electron chi connectivity index (χ3n) is 4.54. The molecule has 0 saturated carbocycles. The van der Waals surface area contributed by atoms with Gasteiger partial charge in [0.25, 0.3) is 0 Å². The van der Waals surface area contributed by atoms with E-state index >= 15 is 0 Å². The number of hydrogen-bond acceptors (Lipinski definition) is 1. The van der Waals surface area contributed by atoms with Gasteiger partial charge < -0.3 is 4.74 Å². The molecular formula is C24H19ClO. The Hall–Kier alpha value is -2.77. The van der Waals surface area contributed by atoms with Crippen LogP contribution >= 0.6 is 11.6 Å². The highest BCUT2D eigenvalue weighted by molar-refractivity contribution is 6.36. The van der Waals surface area contributed by atoms with Crippen LogP contribution in [0.4, 0.5) is 0 Å². The Kier molecular flexibility index (Phi) is 4.64. The average Bonchev–Trinajstić information content (AvgIpc) is 2.69. The van der Waals surface area contributed by atoms with E-state index < -0.39 is 0 Å². The van der Waals surface area contributed by atoms with Gasteiger partial charge in [0, 0.05) is 11.1 Å². The smallest absolute Gasteiger partial charge is 0.119 e. The first-order valence-corrected chi connectivity index (χ1v) is 9.15. The highest BCUT2D eigenvalue weighted by atomic mass is 35.5. The van der Waals surface area contributed by atoms with E-state index in [1.165, 1.54) is 10.8 Å². The molecule has 1 nitrogen and oxygen atoms in total. The Labute approximate surface area is 158 Å². The molecule has 0 unspecified atom stereocenters. The quantitative estimate of drug-likeness (QED) is 0.374. The van der Waals surface area contributed by atoms with Crippen LogP contribution in [0.1, 0.15) is 6.92 Å². The first-order valence-electron chi connectivity index (χ1n) is 8.77. The fourth-order valence-electron chi connectivity index (χ4n) is 3.23. The topological polar surface area (TPSA) is 9.23 Å². The summed E-state index contributed by atoms with van der Waals surface area (Å²) in [5, 5.41) is 3.22. The molecule has 0 fully saturated rings. The van der Waals surface area contributed by atoms with Crippen LogP contribution in [0.15, 0.2) is 84.9 Å². The van der Waals surface area contributed by atoms with Crippen LogP contribution in [0.25, 0.3) is 33.0 Å². The van der Waals surface area contributed by atoms with Gasteiger partial charge in [0.15, 0.2) is 0 Å². The van der Waals surface area contributed by atoms with Crippen molar-refractivity contribution >= 4 is 22.4 Å². The summed E-state index contributed by atoms with van der Waals surface area (Å²) in [4.78, 5) is 0. The SMILES string of the molecule is CCOc1ccc(-c2cccc(-c3ccc4ccccc4c3)c2Cl)cc1. The second kappa shape index (κ2) is 7.23. The highest BCUT2D eigenvalue weighted by Crippen LogP contribution is 2.37. The van der Waals surface area contributed by atoms with Gasteiger partial charge in [-0.25, -0.2) is 0 Å². The van der Waals surface area contributed by atoms with Crippen molar-refractivity contribution < 1.29 is 4.74 Å². The zero-order chi connectivity index (χ0) is 17.9. The van der Waals surface area contributed by atoms with E-state index in [4.69, 9.17) is 16.3 Å². The van der Waals surface area contributed by atoms with Gasteiger partial charge in [0.2, 0.25) is 0 Å². The van der Waals surface area contributed by atoms with Crippen LogP contribution in [0.5, 0.6) is 5.75 Å². The second-order valence-corrected chi connectivity index (χ2v) is 6.56. The molecule has 26 heavy (non-hydrogen) atoms. The minimum atomic E-state index is 0.664. The first-order chi connectivity index (χ1) is 12.8. The van der Waals surface area contributed by atoms with E-state index in [-0.39, 0.29) is 0 Å². The van der Waals surface area contributed by atoms with Crippen LogP contribution in [0, 0.1) is 0 Å². The highest BCUT2D eigenvalue weighted by Gasteiger charge is 2.10. The molecule has 0 N–H and O–H groups in total. The lowest BCUT2D eigenvalue weighted by Crippen LogP contribution is -1.91. The van der Waals surface area contributed by atoms with Crippen molar-refractivity contribution in [3.8, 4) is 28.0 Å². The molecule has 0 atom stereocenters. The fourth-order valence-corrected chi connectivity index (χ4v) is 3.58. The second-order valence-electron chi connectivity index (χ2n) is 6.19. The Balaban J connectivity index is 1.77. The molecule has 0 aromatic heterocycles. The predicted octanol–water partition coefficient (Wildman–Crippen LogP) is 7.23. The Morgan fingerprint density at radius 1 is 0.692 bits per heavy atom. The molecule has 4 rings (SSSR count). The first kappa shape index (κ1) is 16.7. The molecule has 0 spiro atoms. The van der Waals surface area contributed by atoms with Crippen molar-refractivity contribution in [1.29, 1.82) is 0 Å². The summed E-state index contributed by atoms with van der Waals surface area (Å²) in [6.07, 6.45) is 0. The standard InChI is InChI=1S/C24H19ClO/c1-2-26-21-14-12-18(13-15-21)22-8-5-9-23(24(22)25)20-11-10-17-6-3-4-7-19(17)16-20/h3-16H,2H2,1H3. The fraction of sp³-hybridized carbons (Fsp3) is 0.0833. The zero-order valence-electron chi connectivity index (χ0n) is 14.6. The van der Waals surface area contributed by atoms with Crippen molar-refractivity contribution in [3.63, 3.8) is 0 Å². The van der Waals surface area contributed by atoms with E-state index in [1.54, 1.807) is 0 Å². The number of ether oxygens (including phenoxy) is 1. The van der Waals surface area contributed by atoms with Gasteiger partial charge in [-0.15, -0.1) is 0 Å². The van der Waals surface area contributed by atoms with Gasteiger partial charge in [-0.2, -0.15) is 0 Å². The summed E-state index contributed by atoms with van der Waals surface area (Å²) in [7, 11) is 0. The molecule has 4 aromatic carbocycles. The van der Waals surface area contributed by atoms with Gasteiger partial charge in [-0.1, -0.05) is 78.3 Å². The molecule has 2 heteroatoms. The van der Waals surface area contributed by atoms with E-state index in [1.807, 2.05) is 19.1 Å². The van der Waals surface area contributed by atoms with Crippen molar-refractivity contribution in [2.24, 2.45) is 0 Å². The molecular weight excluding hydrogens is 340 g/mol. The molecule has 4 aromatic rings. The zero-order valence-corrected chi connectivity index (χ0v) is 15.3. The van der Waals surface area contributed by atoms with Crippen molar-refractivity contribution in [2.45, 2.75) is 6.92 Å². The van der Waals surface area contributed by atoms with Crippen LogP contribution in [-0.2, 0) is 0 Å². The summed E-state index contributed by atoms with van der Waals surface area (Å²) in [6, 6.07) is 29.1. The third kappa shape index (κ3) is 3.18. The summed E-state index contributed by atoms with van der Waals surface area (Å²) in [5.74, 6) is 0.873. The molecule has 0 heterocycles. The third-order valence-corrected chi connectivity index (χ3v) is 4.94. The normalized spacial score (nSPS) is 10.8. The van der Waals surface area contributed by atoms with Crippen LogP contribution in [-0.4, -0.2) is 6.61 Å². The van der Waals surface area contributed by atoms with Crippen LogP contribution in [0.3, 0.4) is 0 Å². The van der Waals surface area contributed by atoms with Crippen molar-refractivity contribution in [1.82, 2.24) is 0 Å². The van der Waals surface area contributed by atoms with Gasteiger partial charge in [0.05, 0.1) is 11.6 Å². The summed E-state index contributed by atoms with van der Waals surface area (Å²) in [5.41, 5.74) is 4.28. The van der Waals surface area contributed by atoms with Crippen molar-refractivity contribution in [2.75, 3.05) is 6.61 Å². The van der Waals surface area contributed by atoms with Gasteiger partial charge in [0.1, 0.15) is 5.75 Å². The maximum absolute atomic E-state index is 6.80. The molecule has 0 saturated heterocycles. The van der Waals surface area contributed by atoms with Crippen molar-refractivity contribution in [3.05, 3.63) is 90.0 Å². The number of halogens is 1. The monoisotopic (exact) mass is 358 g/mol.